The fourth-order valence-electron chi connectivity index (χ4n) is 4.05. The highest BCUT2D eigenvalue weighted by Crippen LogP contribution is 2.24. The lowest BCUT2D eigenvalue weighted by Gasteiger charge is -2.41. The van der Waals surface area contributed by atoms with Crippen molar-refractivity contribution in [2.75, 3.05) is 38.5 Å². The number of piperazine rings is 1. The number of hydrogen-bond acceptors (Lipinski definition) is 6. The molecule has 1 aromatic heterocycles. The normalized spacial score (nSPS) is 17.6. The second-order valence-electron chi connectivity index (χ2n) is 10.00. The van der Waals surface area contributed by atoms with Gasteiger partial charge in [-0.05, 0) is 63.9 Å². The van der Waals surface area contributed by atoms with Gasteiger partial charge in [0.15, 0.2) is 0 Å². The molecule has 9 heteroatoms. The highest BCUT2D eigenvalue weighted by molar-refractivity contribution is 5.93. The van der Waals surface area contributed by atoms with Crippen LogP contribution in [0.2, 0.25) is 0 Å². The molecule has 190 valence electrons. The topological polar surface area (TPSA) is 86.8 Å². The number of aromatic nitrogens is 1. The molecule has 8 nitrogen and oxygen atoms in total. The monoisotopic (exact) mass is 485 g/mol. The van der Waals surface area contributed by atoms with E-state index in [0.29, 0.717) is 43.1 Å². The van der Waals surface area contributed by atoms with Crippen LogP contribution in [0.1, 0.15) is 55.2 Å². The summed E-state index contributed by atoms with van der Waals surface area (Å²) in [4.78, 5) is 32.8. The molecule has 1 fully saturated rings. The van der Waals surface area contributed by atoms with Crippen LogP contribution in [0.3, 0.4) is 0 Å². The van der Waals surface area contributed by atoms with E-state index in [1.54, 1.807) is 43.1 Å². The summed E-state index contributed by atoms with van der Waals surface area (Å²) >= 11 is 0. The molecule has 0 radical (unpaired) electrons. The van der Waals surface area contributed by atoms with Crippen molar-refractivity contribution < 1.29 is 18.7 Å². The first-order valence-corrected chi connectivity index (χ1v) is 11.9. The van der Waals surface area contributed by atoms with Crippen LogP contribution in [0.25, 0.3) is 0 Å². The highest BCUT2D eigenvalue weighted by Gasteiger charge is 2.32. The zero-order valence-corrected chi connectivity index (χ0v) is 21.4. The third kappa shape index (κ3) is 7.14. The number of carbonyl (C=O) groups excluding carboxylic acids is 2. The molecule has 3 rings (SSSR count). The average molecular weight is 486 g/mol. The number of rotatable bonds is 6. The summed E-state index contributed by atoms with van der Waals surface area (Å²) in [7, 11) is 1.57. The molecule has 0 bridgehead atoms. The maximum absolute atomic E-state index is 14.4. The molecule has 1 aromatic carbocycles. The van der Waals surface area contributed by atoms with E-state index in [1.807, 2.05) is 33.8 Å². The zero-order chi connectivity index (χ0) is 25.8. The molecular weight excluding hydrogens is 449 g/mol. The van der Waals surface area contributed by atoms with Crippen molar-refractivity contribution in [3.05, 3.63) is 59.0 Å². The van der Waals surface area contributed by atoms with Gasteiger partial charge in [0.1, 0.15) is 17.2 Å². The zero-order valence-electron chi connectivity index (χ0n) is 21.4. The van der Waals surface area contributed by atoms with Crippen LogP contribution in [0.15, 0.2) is 36.5 Å². The third-order valence-electron chi connectivity index (χ3n) is 5.95. The van der Waals surface area contributed by atoms with Gasteiger partial charge in [-0.1, -0.05) is 12.1 Å². The van der Waals surface area contributed by atoms with Crippen molar-refractivity contribution in [1.82, 2.24) is 20.1 Å². The second kappa shape index (κ2) is 11.0. The summed E-state index contributed by atoms with van der Waals surface area (Å²) in [6.45, 7) is 11.8. The van der Waals surface area contributed by atoms with E-state index in [0.717, 1.165) is 5.56 Å². The van der Waals surface area contributed by atoms with E-state index in [1.165, 1.54) is 6.20 Å². The van der Waals surface area contributed by atoms with Gasteiger partial charge in [0.05, 0.1) is 11.6 Å². The number of amides is 2. The lowest BCUT2D eigenvalue weighted by atomic mass is 10.0. The van der Waals surface area contributed by atoms with Crippen LogP contribution in [-0.4, -0.2) is 71.7 Å². The predicted octanol–water partition coefficient (Wildman–Crippen LogP) is 3.98. The van der Waals surface area contributed by atoms with E-state index in [4.69, 9.17) is 4.74 Å². The maximum Gasteiger partial charge on any atom is 0.410 e. The fourth-order valence-corrected chi connectivity index (χ4v) is 4.05. The fraction of sp³-hybridized carbons (Fsp3) is 0.500. The Bertz CT molecular complexity index is 1040. The van der Waals surface area contributed by atoms with Crippen LogP contribution in [0, 0.1) is 12.7 Å². The molecular formula is C26H36FN5O3. The first-order valence-electron chi connectivity index (χ1n) is 11.9. The molecule has 1 saturated heterocycles. The van der Waals surface area contributed by atoms with Crippen LogP contribution in [-0.2, 0) is 4.74 Å². The van der Waals surface area contributed by atoms with Gasteiger partial charge in [0.2, 0.25) is 0 Å². The molecule has 1 unspecified atom stereocenters. The Balaban J connectivity index is 1.74. The number of nitrogens with zero attached hydrogens (tertiary/aromatic N) is 3. The van der Waals surface area contributed by atoms with Gasteiger partial charge in [0.25, 0.3) is 5.91 Å². The summed E-state index contributed by atoms with van der Waals surface area (Å²) in [6, 6.07) is 8.39. The summed E-state index contributed by atoms with van der Waals surface area (Å²) in [5.74, 6) is 0.113. The van der Waals surface area contributed by atoms with E-state index in [-0.39, 0.29) is 29.9 Å². The first-order chi connectivity index (χ1) is 16.5. The number of aryl methyl sites for hydroxylation is 1. The van der Waals surface area contributed by atoms with Gasteiger partial charge in [-0.25, -0.2) is 14.2 Å². The standard InChI is InChI=1S/C26H36FN5O3/c1-17-7-8-19(13-21(17)27)22(30-23-10-9-20(14-29-23)24(33)28-6)16-31-11-12-32(18(2)15-31)25(34)35-26(3,4)5/h7-10,13-14,18,22H,11-12,15-16H2,1-6H3,(H,28,33)(H,29,30)/t18-,22?/m1/s1. The number of pyridine rings is 1. The van der Waals surface area contributed by atoms with Crippen LogP contribution in [0.5, 0.6) is 0 Å². The molecule has 1 aliphatic heterocycles. The smallest absolute Gasteiger partial charge is 0.410 e. The van der Waals surface area contributed by atoms with Crippen molar-refractivity contribution in [2.45, 2.75) is 52.3 Å². The molecule has 1 aliphatic rings. The molecule has 2 heterocycles. The molecule has 2 amide bonds. The Kier molecular flexibility index (Phi) is 8.32. The van der Waals surface area contributed by atoms with Crippen LogP contribution < -0.4 is 10.6 Å². The molecule has 35 heavy (non-hydrogen) atoms. The molecule has 0 saturated carbocycles. The minimum Gasteiger partial charge on any atom is -0.444 e. The summed E-state index contributed by atoms with van der Waals surface area (Å²) < 4.78 is 20.0. The molecule has 2 aromatic rings. The number of benzene rings is 1. The number of anilines is 1. The average Bonchev–Trinajstić information content (AvgIpc) is 2.79. The van der Waals surface area contributed by atoms with E-state index < -0.39 is 5.60 Å². The summed E-state index contributed by atoms with van der Waals surface area (Å²) in [6.07, 6.45) is 1.20. The molecule has 2 N–H and O–H groups in total. The highest BCUT2D eigenvalue weighted by atomic mass is 19.1. The predicted molar refractivity (Wildman–Crippen MR) is 134 cm³/mol. The minimum absolute atomic E-state index is 0.0287. The van der Waals surface area contributed by atoms with Crippen molar-refractivity contribution in [1.29, 1.82) is 0 Å². The lowest BCUT2D eigenvalue weighted by Crippen LogP contribution is -2.55. The van der Waals surface area contributed by atoms with Gasteiger partial charge >= 0.3 is 6.09 Å². The number of ether oxygens (including phenoxy) is 1. The first kappa shape index (κ1) is 26.4. The van der Waals surface area contributed by atoms with E-state index in [9.17, 15) is 14.0 Å². The Labute approximate surface area is 206 Å². The molecule has 2 atom stereocenters. The molecule has 0 spiro atoms. The Morgan fingerprint density at radius 2 is 1.97 bits per heavy atom. The van der Waals surface area contributed by atoms with Crippen molar-refractivity contribution in [3.63, 3.8) is 0 Å². The van der Waals surface area contributed by atoms with E-state index in [2.05, 4.69) is 20.5 Å². The largest absolute Gasteiger partial charge is 0.444 e. The van der Waals surface area contributed by atoms with E-state index >= 15 is 0 Å². The van der Waals surface area contributed by atoms with Gasteiger partial charge in [-0.3, -0.25) is 9.69 Å². The SMILES string of the molecule is CNC(=O)c1ccc(NC(CN2CCN(C(=O)OC(C)(C)C)[C@H](C)C2)c2ccc(C)c(F)c2)nc1. The van der Waals surface area contributed by atoms with Crippen molar-refractivity contribution in [3.8, 4) is 0 Å². The number of carbonyl (C=O) groups is 2. The summed E-state index contributed by atoms with van der Waals surface area (Å²) in [5, 5.41) is 5.97. The number of halogens is 1. The van der Waals surface area contributed by atoms with Gasteiger partial charge in [0, 0.05) is 45.5 Å². The lowest BCUT2D eigenvalue weighted by molar-refractivity contribution is 0.00108. The maximum atomic E-state index is 14.4. The Morgan fingerprint density at radius 1 is 1.23 bits per heavy atom. The molecule has 0 aliphatic carbocycles. The van der Waals surface area contributed by atoms with Crippen LogP contribution in [0.4, 0.5) is 15.0 Å². The van der Waals surface area contributed by atoms with Gasteiger partial charge in [-0.2, -0.15) is 0 Å². The third-order valence-corrected chi connectivity index (χ3v) is 5.95. The van der Waals surface area contributed by atoms with Crippen LogP contribution >= 0.6 is 0 Å². The Hall–Kier alpha value is -3.20. The second-order valence-corrected chi connectivity index (χ2v) is 10.00. The summed E-state index contributed by atoms with van der Waals surface area (Å²) in [5.41, 5.74) is 1.30. The Morgan fingerprint density at radius 3 is 2.54 bits per heavy atom. The minimum atomic E-state index is -0.543. The quantitative estimate of drug-likeness (QED) is 0.644. The van der Waals surface area contributed by atoms with Gasteiger partial charge < -0.3 is 20.3 Å². The van der Waals surface area contributed by atoms with Crippen molar-refractivity contribution in [2.24, 2.45) is 0 Å². The number of hydrogen-bond donors (Lipinski definition) is 2. The van der Waals surface area contributed by atoms with Crippen molar-refractivity contribution >= 4 is 17.8 Å². The number of nitrogens with one attached hydrogen (secondary N) is 2. The van der Waals surface area contributed by atoms with Gasteiger partial charge in [-0.15, -0.1) is 0 Å².